The van der Waals surface area contributed by atoms with E-state index in [1.807, 2.05) is 6.07 Å². The molecule has 0 spiro atoms. The van der Waals surface area contributed by atoms with E-state index in [9.17, 15) is 0 Å². The first kappa shape index (κ1) is 6.15. The predicted molar refractivity (Wildman–Crippen MR) is 37.0 cm³/mol. The summed E-state index contributed by atoms with van der Waals surface area (Å²) in [6.45, 7) is 0.289. The van der Waals surface area contributed by atoms with Gasteiger partial charge >= 0.3 is 0 Å². The summed E-state index contributed by atoms with van der Waals surface area (Å²) in [6.07, 6.45) is 4.80. The van der Waals surface area contributed by atoms with Crippen molar-refractivity contribution < 1.29 is 9.47 Å². The Morgan fingerprint density at radius 2 is 2.36 bits per heavy atom. The third kappa shape index (κ3) is 1.14. The maximum Gasteiger partial charge on any atom is 0.230 e. The van der Waals surface area contributed by atoms with Crippen molar-refractivity contribution in [2.24, 2.45) is 0 Å². The summed E-state index contributed by atoms with van der Waals surface area (Å²) in [5, 5.41) is 7.35. The Morgan fingerprint density at radius 3 is 3.00 bits per heavy atom. The summed E-state index contributed by atoms with van der Waals surface area (Å²) in [5.41, 5.74) is 0.887. The molecule has 4 heteroatoms. The molecule has 0 saturated heterocycles. The summed E-state index contributed by atoms with van der Waals surface area (Å²) >= 11 is 0. The molecule has 0 aliphatic carbocycles. The smallest absolute Gasteiger partial charge is 0.230 e. The average Bonchev–Trinajstić information content (AvgIpc) is 2.58. The van der Waals surface area contributed by atoms with Gasteiger partial charge in [-0.1, -0.05) is 0 Å². The number of hydrogen-bond donors (Lipinski definition) is 0. The van der Waals surface area contributed by atoms with Crippen molar-refractivity contribution in [3.05, 3.63) is 30.3 Å². The summed E-state index contributed by atoms with van der Waals surface area (Å²) < 4.78 is 9.99. The Bertz CT molecular complexity index is 271. The first-order valence-corrected chi connectivity index (χ1v) is 3.18. The SMILES string of the molecule is C1=C(c2ccnnc2)OCO1. The van der Waals surface area contributed by atoms with Gasteiger partial charge in [0.05, 0.1) is 12.4 Å². The molecule has 0 saturated carbocycles. The molecule has 11 heavy (non-hydrogen) atoms. The number of ether oxygens (including phenoxy) is 2. The summed E-state index contributed by atoms with van der Waals surface area (Å²) in [7, 11) is 0. The minimum atomic E-state index is 0.289. The monoisotopic (exact) mass is 150 g/mol. The van der Waals surface area contributed by atoms with Gasteiger partial charge in [0.1, 0.15) is 6.26 Å². The first-order valence-electron chi connectivity index (χ1n) is 3.18. The normalized spacial score (nSPS) is 15.1. The highest BCUT2D eigenvalue weighted by molar-refractivity contribution is 5.57. The fourth-order valence-corrected chi connectivity index (χ4v) is 0.829. The van der Waals surface area contributed by atoms with E-state index in [0.29, 0.717) is 5.76 Å². The van der Waals surface area contributed by atoms with E-state index in [-0.39, 0.29) is 6.79 Å². The maximum absolute atomic E-state index is 5.11. The van der Waals surface area contributed by atoms with Gasteiger partial charge in [-0.2, -0.15) is 10.2 Å². The third-order valence-corrected chi connectivity index (χ3v) is 1.34. The lowest BCUT2D eigenvalue weighted by Gasteiger charge is -1.97. The molecule has 0 N–H and O–H groups in total. The van der Waals surface area contributed by atoms with Crippen molar-refractivity contribution in [2.75, 3.05) is 6.79 Å². The van der Waals surface area contributed by atoms with Crippen LogP contribution < -0.4 is 0 Å². The van der Waals surface area contributed by atoms with E-state index in [1.165, 1.54) is 0 Å². The Labute approximate surface area is 63.5 Å². The van der Waals surface area contributed by atoms with E-state index in [4.69, 9.17) is 9.47 Å². The molecule has 1 aromatic rings. The third-order valence-electron chi connectivity index (χ3n) is 1.34. The van der Waals surface area contributed by atoms with Crippen LogP contribution >= 0.6 is 0 Å². The molecule has 56 valence electrons. The zero-order chi connectivity index (χ0) is 7.52. The molecule has 1 aliphatic heterocycles. The summed E-state index contributed by atoms with van der Waals surface area (Å²) in [5.74, 6) is 0.708. The Kier molecular flexibility index (Phi) is 1.44. The van der Waals surface area contributed by atoms with Crippen LogP contribution in [0.3, 0.4) is 0 Å². The lowest BCUT2D eigenvalue weighted by Crippen LogP contribution is -1.88. The first-order chi connectivity index (χ1) is 5.47. The molecule has 2 heterocycles. The van der Waals surface area contributed by atoms with Crippen LogP contribution in [0.2, 0.25) is 0 Å². The molecule has 4 nitrogen and oxygen atoms in total. The van der Waals surface area contributed by atoms with Gasteiger partial charge in [0, 0.05) is 5.56 Å². The highest BCUT2D eigenvalue weighted by Gasteiger charge is 2.08. The average molecular weight is 150 g/mol. The fraction of sp³-hybridized carbons (Fsp3) is 0.143. The molecule has 0 fully saturated rings. The molecular weight excluding hydrogens is 144 g/mol. The van der Waals surface area contributed by atoms with Crippen LogP contribution in [0.15, 0.2) is 24.7 Å². The quantitative estimate of drug-likeness (QED) is 0.593. The highest BCUT2D eigenvalue weighted by atomic mass is 16.7. The minimum Gasteiger partial charge on any atom is -0.461 e. The lowest BCUT2D eigenvalue weighted by atomic mass is 10.3. The van der Waals surface area contributed by atoms with Crippen LogP contribution in [0.5, 0.6) is 0 Å². The zero-order valence-electron chi connectivity index (χ0n) is 5.73. The summed E-state index contributed by atoms with van der Waals surface area (Å²) in [6, 6.07) is 1.81. The molecule has 0 aromatic carbocycles. The Hall–Kier alpha value is -1.58. The fourth-order valence-electron chi connectivity index (χ4n) is 0.829. The maximum atomic E-state index is 5.11. The van der Waals surface area contributed by atoms with Crippen LogP contribution in [-0.4, -0.2) is 17.0 Å². The number of rotatable bonds is 1. The number of hydrogen-bond acceptors (Lipinski definition) is 4. The second-order valence-electron chi connectivity index (χ2n) is 2.04. The van der Waals surface area contributed by atoms with E-state index >= 15 is 0 Å². The molecular formula is C7H6N2O2. The van der Waals surface area contributed by atoms with Crippen molar-refractivity contribution in [2.45, 2.75) is 0 Å². The molecule has 0 radical (unpaired) electrons. The van der Waals surface area contributed by atoms with Crippen molar-refractivity contribution >= 4 is 5.76 Å². The van der Waals surface area contributed by atoms with Gasteiger partial charge in [0.15, 0.2) is 5.76 Å². The lowest BCUT2D eigenvalue weighted by molar-refractivity contribution is 0.100. The molecule has 1 aliphatic rings. The van der Waals surface area contributed by atoms with E-state index in [2.05, 4.69) is 10.2 Å². The molecule has 0 amide bonds. The zero-order valence-corrected chi connectivity index (χ0v) is 5.73. The largest absolute Gasteiger partial charge is 0.461 e. The summed E-state index contributed by atoms with van der Waals surface area (Å²) in [4.78, 5) is 0. The highest BCUT2D eigenvalue weighted by Crippen LogP contribution is 2.17. The van der Waals surface area contributed by atoms with Gasteiger partial charge in [-0.3, -0.25) is 0 Å². The second-order valence-corrected chi connectivity index (χ2v) is 2.04. The van der Waals surface area contributed by atoms with Gasteiger partial charge in [-0.25, -0.2) is 0 Å². The molecule has 0 atom stereocenters. The van der Waals surface area contributed by atoms with Gasteiger partial charge in [-0.05, 0) is 6.07 Å². The van der Waals surface area contributed by atoms with Gasteiger partial charge in [0.25, 0.3) is 0 Å². The Morgan fingerprint density at radius 1 is 1.36 bits per heavy atom. The molecule has 0 unspecified atom stereocenters. The van der Waals surface area contributed by atoms with Gasteiger partial charge in [0.2, 0.25) is 6.79 Å². The van der Waals surface area contributed by atoms with Crippen molar-refractivity contribution in [1.82, 2.24) is 10.2 Å². The van der Waals surface area contributed by atoms with Crippen LogP contribution in [0, 0.1) is 0 Å². The van der Waals surface area contributed by atoms with Crippen LogP contribution in [0.1, 0.15) is 5.56 Å². The number of nitrogens with zero attached hydrogens (tertiary/aromatic N) is 2. The van der Waals surface area contributed by atoms with Crippen LogP contribution in [0.4, 0.5) is 0 Å². The van der Waals surface area contributed by atoms with Gasteiger partial charge in [-0.15, -0.1) is 0 Å². The molecule has 1 aromatic heterocycles. The van der Waals surface area contributed by atoms with Crippen molar-refractivity contribution in [3.8, 4) is 0 Å². The number of aromatic nitrogens is 2. The standard InChI is InChI=1S/C7H6N2O2/c1-2-8-9-3-6(1)7-4-10-5-11-7/h1-4H,5H2. The molecule has 2 rings (SSSR count). The van der Waals surface area contributed by atoms with E-state index in [0.717, 1.165) is 5.56 Å². The van der Waals surface area contributed by atoms with Crippen LogP contribution in [0.25, 0.3) is 5.76 Å². The van der Waals surface area contributed by atoms with Crippen molar-refractivity contribution in [3.63, 3.8) is 0 Å². The minimum absolute atomic E-state index is 0.289. The topological polar surface area (TPSA) is 44.2 Å². The van der Waals surface area contributed by atoms with Crippen LogP contribution in [-0.2, 0) is 9.47 Å². The second kappa shape index (κ2) is 2.57. The van der Waals surface area contributed by atoms with E-state index in [1.54, 1.807) is 18.7 Å². The van der Waals surface area contributed by atoms with Crippen molar-refractivity contribution in [1.29, 1.82) is 0 Å². The van der Waals surface area contributed by atoms with E-state index < -0.39 is 0 Å². The Balaban J connectivity index is 2.29. The predicted octanol–water partition coefficient (Wildman–Crippen LogP) is 0.779. The molecule has 0 bridgehead atoms. The van der Waals surface area contributed by atoms with Gasteiger partial charge < -0.3 is 9.47 Å².